The third-order valence-corrected chi connectivity index (χ3v) is 4.05. The summed E-state index contributed by atoms with van der Waals surface area (Å²) >= 11 is 3.42. The Balaban J connectivity index is 1.71. The quantitative estimate of drug-likeness (QED) is 0.761. The molecule has 0 saturated carbocycles. The monoisotopic (exact) mass is 359 g/mol. The van der Waals surface area contributed by atoms with E-state index in [0.717, 1.165) is 53.6 Å². The molecular formula is C15H14BrN5O. The first-order valence-electron chi connectivity index (χ1n) is 7.11. The van der Waals surface area contributed by atoms with Crippen molar-refractivity contribution in [3.05, 3.63) is 34.9 Å². The van der Waals surface area contributed by atoms with Crippen molar-refractivity contribution >= 4 is 32.9 Å². The van der Waals surface area contributed by atoms with Gasteiger partial charge in [-0.15, -0.1) is 0 Å². The number of morpholine rings is 1. The standard InChI is InChI=1S/C15H14BrN5O/c16-10-8-12-14(17-9-10)20-15(19-12)11-2-1-3-13(18-11)21-4-6-22-7-5-21/h1-3,8-9H,4-7H2,(H,17,19,20). The number of H-pyrrole nitrogens is 1. The van der Waals surface area contributed by atoms with Crippen LogP contribution in [0.3, 0.4) is 0 Å². The summed E-state index contributed by atoms with van der Waals surface area (Å²) in [6.07, 6.45) is 1.74. The van der Waals surface area contributed by atoms with Crippen molar-refractivity contribution in [3.8, 4) is 11.5 Å². The molecule has 1 saturated heterocycles. The molecule has 22 heavy (non-hydrogen) atoms. The van der Waals surface area contributed by atoms with E-state index in [-0.39, 0.29) is 0 Å². The zero-order valence-electron chi connectivity index (χ0n) is 11.8. The summed E-state index contributed by atoms with van der Waals surface area (Å²) in [5.74, 6) is 1.69. The third-order valence-electron chi connectivity index (χ3n) is 3.62. The summed E-state index contributed by atoms with van der Waals surface area (Å²) in [6.45, 7) is 3.22. The molecule has 0 spiro atoms. The number of nitrogens with one attached hydrogen (secondary N) is 1. The minimum absolute atomic E-state index is 0.691. The van der Waals surface area contributed by atoms with Gasteiger partial charge in [0.2, 0.25) is 0 Å². The molecule has 7 heteroatoms. The summed E-state index contributed by atoms with van der Waals surface area (Å²) in [6, 6.07) is 7.94. The molecule has 0 radical (unpaired) electrons. The Hall–Kier alpha value is -1.99. The van der Waals surface area contributed by atoms with E-state index in [0.29, 0.717) is 5.65 Å². The number of aromatic nitrogens is 4. The van der Waals surface area contributed by atoms with Crippen molar-refractivity contribution in [2.45, 2.75) is 0 Å². The van der Waals surface area contributed by atoms with E-state index in [9.17, 15) is 0 Å². The van der Waals surface area contributed by atoms with Crippen molar-refractivity contribution < 1.29 is 4.74 Å². The molecule has 3 aromatic heterocycles. The van der Waals surface area contributed by atoms with Gasteiger partial charge in [-0.2, -0.15) is 0 Å². The van der Waals surface area contributed by atoms with Crippen LogP contribution in [0.25, 0.3) is 22.7 Å². The predicted molar refractivity (Wildman–Crippen MR) is 87.9 cm³/mol. The van der Waals surface area contributed by atoms with Gasteiger partial charge in [-0.3, -0.25) is 0 Å². The molecule has 1 fully saturated rings. The van der Waals surface area contributed by atoms with Crippen molar-refractivity contribution in [1.29, 1.82) is 0 Å². The molecule has 112 valence electrons. The number of halogens is 1. The first-order valence-corrected chi connectivity index (χ1v) is 7.90. The van der Waals surface area contributed by atoms with Crippen LogP contribution in [-0.2, 0) is 4.74 Å². The van der Waals surface area contributed by atoms with Crippen LogP contribution in [0.2, 0.25) is 0 Å². The molecule has 0 atom stereocenters. The Kier molecular flexibility index (Phi) is 3.51. The van der Waals surface area contributed by atoms with Crippen molar-refractivity contribution in [1.82, 2.24) is 19.9 Å². The molecule has 0 amide bonds. The maximum absolute atomic E-state index is 5.39. The van der Waals surface area contributed by atoms with Crippen LogP contribution in [-0.4, -0.2) is 46.2 Å². The van der Waals surface area contributed by atoms with E-state index in [1.165, 1.54) is 0 Å². The SMILES string of the molecule is Brc1cnc2nc(-c3cccc(N4CCOCC4)n3)[nH]c2c1. The Labute approximate surface area is 135 Å². The number of nitrogens with zero attached hydrogens (tertiary/aromatic N) is 4. The molecule has 0 bridgehead atoms. The lowest BCUT2D eigenvalue weighted by molar-refractivity contribution is 0.122. The fourth-order valence-corrected chi connectivity index (χ4v) is 2.85. The summed E-state index contributed by atoms with van der Waals surface area (Å²) in [5, 5.41) is 0. The number of aromatic amines is 1. The summed E-state index contributed by atoms with van der Waals surface area (Å²) < 4.78 is 6.31. The Morgan fingerprint density at radius 2 is 2.05 bits per heavy atom. The highest BCUT2D eigenvalue weighted by molar-refractivity contribution is 9.10. The normalized spacial score (nSPS) is 15.4. The smallest absolute Gasteiger partial charge is 0.178 e. The number of fused-ring (bicyclic) bond motifs is 1. The molecule has 6 nitrogen and oxygen atoms in total. The largest absolute Gasteiger partial charge is 0.378 e. The van der Waals surface area contributed by atoms with Crippen molar-refractivity contribution in [2.75, 3.05) is 31.2 Å². The number of ether oxygens (including phenoxy) is 1. The number of anilines is 1. The van der Waals surface area contributed by atoms with Crippen LogP contribution in [0, 0.1) is 0 Å². The number of hydrogen-bond acceptors (Lipinski definition) is 5. The molecule has 1 N–H and O–H groups in total. The van der Waals surface area contributed by atoms with E-state index >= 15 is 0 Å². The van der Waals surface area contributed by atoms with Crippen LogP contribution in [0.1, 0.15) is 0 Å². The molecule has 1 aliphatic rings. The first kappa shape index (κ1) is 13.7. The second-order valence-corrected chi connectivity index (χ2v) is 6.01. The second-order valence-electron chi connectivity index (χ2n) is 5.09. The van der Waals surface area contributed by atoms with Gasteiger partial charge >= 0.3 is 0 Å². The number of imidazole rings is 1. The molecule has 0 aromatic carbocycles. The summed E-state index contributed by atoms with van der Waals surface area (Å²) in [5.41, 5.74) is 2.40. The fourth-order valence-electron chi connectivity index (χ4n) is 2.52. The summed E-state index contributed by atoms with van der Waals surface area (Å²) in [4.78, 5) is 19.0. The van der Waals surface area contributed by atoms with Crippen LogP contribution in [0.4, 0.5) is 5.82 Å². The second kappa shape index (κ2) is 5.66. The average Bonchev–Trinajstić information content (AvgIpc) is 2.99. The lowest BCUT2D eigenvalue weighted by atomic mass is 10.3. The van der Waals surface area contributed by atoms with Crippen LogP contribution in [0.15, 0.2) is 34.9 Å². The predicted octanol–water partition coefficient (Wildman–Crippen LogP) is 2.62. The van der Waals surface area contributed by atoms with Crippen molar-refractivity contribution in [3.63, 3.8) is 0 Å². The van der Waals surface area contributed by atoms with Gasteiger partial charge in [0.05, 0.1) is 18.7 Å². The highest BCUT2D eigenvalue weighted by Gasteiger charge is 2.14. The maximum Gasteiger partial charge on any atom is 0.178 e. The van der Waals surface area contributed by atoms with Gasteiger partial charge in [-0.05, 0) is 34.1 Å². The molecule has 1 aliphatic heterocycles. The van der Waals surface area contributed by atoms with Gasteiger partial charge in [0.25, 0.3) is 0 Å². The lowest BCUT2D eigenvalue weighted by Crippen LogP contribution is -2.36. The average molecular weight is 360 g/mol. The van der Waals surface area contributed by atoms with Crippen LogP contribution in [0.5, 0.6) is 0 Å². The van der Waals surface area contributed by atoms with Gasteiger partial charge in [-0.25, -0.2) is 15.0 Å². The highest BCUT2D eigenvalue weighted by atomic mass is 79.9. The van der Waals surface area contributed by atoms with E-state index in [1.807, 2.05) is 24.3 Å². The van der Waals surface area contributed by atoms with E-state index < -0.39 is 0 Å². The molecule has 0 aliphatic carbocycles. The maximum atomic E-state index is 5.39. The van der Waals surface area contributed by atoms with Crippen LogP contribution < -0.4 is 4.90 Å². The lowest BCUT2D eigenvalue weighted by Gasteiger charge is -2.27. The zero-order chi connectivity index (χ0) is 14.9. The minimum Gasteiger partial charge on any atom is -0.378 e. The molecular weight excluding hydrogens is 346 g/mol. The van der Waals surface area contributed by atoms with E-state index in [2.05, 4.69) is 35.8 Å². The van der Waals surface area contributed by atoms with Crippen molar-refractivity contribution in [2.24, 2.45) is 0 Å². The van der Waals surface area contributed by atoms with Gasteiger partial charge in [-0.1, -0.05) is 6.07 Å². The number of hydrogen-bond donors (Lipinski definition) is 1. The Morgan fingerprint density at radius 1 is 1.18 bits per heavy atom. The zero-order valence-corrected chi connectivity index (χ0v) is 13.4. The minimum atomic E-state index is 0.691. The Bertz CT molecular complexity index is 813. The van der Waals surface area contributed by atoms with Crippen LogP contribution >= 0.6 is 15.9 Å². The topological polar surface area (TPSA) is 66.9 Å². The molecule has 4 heterocycles. The number of pyridine rings is 2. The summed E-state index contributed by atoms with van der Waals surface area (Å²) in [7, 11) is 0. The third kappa shape index (κ3) is 2.57. The highest BCUT2D eigenvalue weighted by Crippen LogP contribution is 2.22. The van der Waals surface area contributed by atoms with Gasteiger partial charge in [0.1, 0.15) is 11.5 Å². The van der Waals surface area contributed by atoms with Gasteiger partial charge < -0.3 is 14.6 Å². The molecule has 4 rings (SSSR count). The fraction of sp³-hybridized carbons (Fsp3) is 0.267. The molecule has 3 aromatic rings. The first-order chi connectivity index (χ1) is 10.8. The van der Waals surface area contributed by atoms with E-state index in [4.69, 9.17) is 9.72 Å². The molecule has 0 unspecified atom stereocenters. The van der Waals surface area contributed by atoms with Gasteiger partial charge in [0.15, 0.2) is 11.5 Å². The van der Waals surface area contributed by atoms with Gasteiger partial charge in [0, 0.05) is 23.8 Å². The van der Waals surface area contributed by atoms with E-state index in [1.54, 1.807) is 6.20 Å². The Morgan fingerprint density at radius 3 is 2.91 bits per heavy atom. The number of rotatable bonds is 2.